The highest BCUT2D eigenvalue weighted by atomic mass is 16.2. The summed E-state index contributed by atoms with van der Waals surface area (Å²) in [5.41, 5.74) is 3.54. The zero-order chi connectivity index (χ0) is 14.1. The van der Waals surface area contributed by atoms with Crippen LogP contribution in [0, 0.1) is 5.92 Å². The van der Waals surface area contributed by atoms with Crippen LogP contribution >= 0.6 is 0 Å². The first-order valence-corrected chi connectivity index (χ1v) is 7.19. The van der Waals surface area contributed by atoms with Crippen LogP contribution in [0.2, 0.25) is 0 Å². The van der Waals surface area contributed by atoms with Crippen LogP contribution in [-0.2, 0) is 9.59 Å². The third-order valence-electron chi connectivity index (χ3n) is 3.05. The second-order valence-electron chi connectivity index (χ2n) is 5.50. The van der Waals surface area contributed by atoms with E-state index in [1.807, 2.05) is 13.8 Å². The van der Waals surface area contributed by atoms with Gasteiger partial charge in [-0.1, -0.05) is 26.7 Å². The SMILES string of the molecule is CC(C)CNC(=O)CC(=O)NN=C1CCCCCC1. The van der Waals surface area contributed by atoms with Crippen molar-refractivity contribution >= 4 is 17.5 Å². The molecule has 0 heterocycles. The molecule has 2 amide bonds. The maximum Gasteiger partial charge on any atom is 0.249 e. The minimum absolute atomic E-state index is 0.149. The van der Waals surface area contributed by atoms with E-state index in [2.05, 4.69) is 15.8 Å². The van der Waals surface area contributed by atoms with E-state index < -0.39 is 0 Å². The number of amides is 2. The Hall–Kier alpha value is -1.39. The topological polar surface area (TPSA) is 70.6 Å². The summed E-state index contributed by atoms with van der Waals surface area (Å²) in [5, 5.41) is 6.84. The Morgan fingerprint density at radius 2 is 1.74 bits per heavy atom. The molecule has 5 heteroatoms. The van der Waals surface area contributed by atoms with E-state index in [0.29, 0.717) is 12.5 Å². The molecule has 1 aliphatic carbocycles. The largest absolute Gasteiger partial charge is 0.355 e. The fraction of sp³-hybridized carbons (Fsp3) is 0.786. The molecule has 0 aromatic carbocycles. The lowest BCUT2D eigenvalue weighted by Gasteiger charge is -2.07. The van der Waals surface area contributed by atoms with Crippen molar-refractivity contribution in [1.29, 1.82) is 0 Å². The lowest BCUT2D eigenvalue weighted by atomic mass is 10.2. The molecule has 0 bridgehead atoms. The normalized spacial score (nSPS) is 15.8. The minimum Gasteiger partial charge on any atom is -0.355 e. The van der Waals surface area contributed by atoms with E-state index in [9.17, 15) is 9.59 Å². The lowest BCUT2D eigenvalue weighted by molar-refractivity contribution is -0.129. The molecular weight excluding hydrogens is 242 g/mol. The Kier molecular flexibility index (Phi) is 7.15. The van der Waals surface area contributed by atoms with Gasteiger partial charge in [0.25, 0.3) is 0 Å². The fourth-order valence-corrected chi connectivity index (χ4v) is 1.96. The van der Waals surface area contributed by atoms with Crippen molar-refractivity contribution in [3.63, 3.8) is 0 Å². The third kappa shape index (κ3) is 7.59. The monoisotopic (exact) mass is 267 g/mol. The first-order valence-electron chi connectivity index (χ1n) is 7.19. The van der Waals surface area contributed by atoms with E-state index in [-0.39, 0.29) is 18.2 Å². The van der Waals surface area contributed by atoms with Crippen molar-refractivity contribution in [1.82, 2.24) is 10.7 Å². The average Bonchev–Trinajstić information content (AvgIpc) is 2.62. The predicted octanol–water partition coefficient (Wildman–Crippen LogP) is 1.98. The molecule has 1 rings (SSSR count). The molecule has 0 radical (unpaired) electrons. The van der Waals surface area contributed by atoms with Gasteiger partial charge in [0.05, 0.1) is 0 Å². The van der Waals surface area contributed by atoms with Gasteiger partial charge in [-0.05, 0) is 31.6 Å². The molecule has 0 aromatic heterocycles. The summed E-state index contributed by atoms with van der Waals surface area (Å²) < 4.78 is 0. The van der Waals surface area contributed by atoms with Crippen LogP contribution in [0.25, 0.3) is 0 Å². The third-order valence-corrected chi connectivity index (χ3v) is 3.05. The molecule has 0 atom stereocenters. The van der Waals surface area contributed by atoms with Crippen molar-refractivity contribution in [2.45, 2.75) is 58.8 Å². The average molecular weight is 267 g/mol. The molecule has 2 N–H and O–H groups in total. The molecule has 5 nitrogen and oxygen atoms in total. The van der Waals surface area contributed by atoms with Gasteiger partial charge < -0.3 is 5.32 Å². The fourth-order valence-electron chi connectivity index (χ4n) is 1.96. The van der Waals surface area contributed by atoms with Gasteiger partial charge in [0.15, 0.2) is 0 Å². The van der Waals surface area contributed by atoms with Crippen molar-refractivity contribution in [2.75, 3.05) is 6.54 Å². The van der Waals surface area contributed by atoms with Crippen molar-refractivity contribution in [3.8, 4) is 0 Å². The zero-order valence-electron chi connectivity index (χ0n) is 12.0. The summed E-state index contributed by atoms with van der Waals surface area (Å²) in [4.78, 5) is 23.0. The Bertz CT molecular complexity index is 328. The zero-order valence-corrected chi connectivity index (χ0v) is 12.0. The predicted molar refractivity (Wildman–Crippen MR) is 75.7 cm³/mol. The molecular formula is C14H25N3O2. The molecule has 0 aliphatic heterocycles. The highest BCUT2D eigenvalue weighted by Crippen LogP contribution is 2.14. The quantitative estimate of drug-likeness (QED) is 0.454. The van der Waals surface area contributed by atoms with E-state index in [1.165, 1.54) is 12.8 Å². The molecule has 1 saturated carbocycles. The number of hydrazone groups is 1. The van der Waals surface area contributed by atoms with Crippen molar-refractivity contribution in [3.05, 3.63) is 0 Å². The Balaban J connectivity index is 2.26. The summed E-state index contributed by atoms with van der Waals surface area (Å²) >= 11 is 0. The molecule has 1 aliphatic rings. The summed E-state index contributed by atoms with van der Waals surface area (Å²) in [6.07, 6.45) is 6.53. The van der Waals surface area contributed by atoms with Gasteiger partial charge in [0.2, 0.25) is 11.8 Å². The van der Waals surface area contributed by atoms with Gasteiger partial charge in [-0.15, -0.1) is 0 Å². The number of hydrogen-bond acceptors (Lipinski definition) is 3. The smallest absolute Gasteiger partial charge is 0.249 e. The van der Waals surface area contributed by atoms with Crippen LogP contribution < -0.4 is 10.7 Å². The highest BCUT2D eigenvalue weighted by Gasteiger charge is 2.10. The number of rotatable bonds is 5. The summed E-state index contributed by atoms with van der Waals surface area (Å²) in [6.45, 7) is 4.62. The van der Waals surface area contributed by atoms with Gasteiger partial charge in [0.1, 0.15) is 6.42 Å². The number of nitrogens with zero attached hydrogens (tertiary/aromatic N) is 1. The van der Waals surface area contributed by atoms with Gasteiger partial charge in [-0.2, -0.15) is 5.10 Å². The summed E-state index contributed by atoms with van der Waals surface area (Å²) in [6, 6.07) is 0. The highest BCUT2D eigenvalue weighted by molar-refractivity contribution is 5.97. The Labute approximate surface area is 115 Å². The van der Waals surface area contributed by atoms with Crippen LogP contribution in [-0.4, -0.2) is 24.1 Å². The molecule has 1 fully saturated rings. The second kappa shape index (κ2) is 8.67. The first kappa shape index (κ1) is 15.7. The minimum atomic E-state index is -0.335. The van der Waals surface area contributed by atoms with Crippen LogP contribution in [0.15, 0.2) is 5.10 Å². The van der Waals surface area contributed by atoms with E-state index >= 15 is 0 Å². The van der Waals surface area contributed by atoms with Gasteiger partial charge in [0, 0.05) is 12.3 Å². The second-order valence-corrected chi connectivity index (χ2v) is 5.50. The Morgan fingerprint density at radius 3 is 2.32 bits per heavy atom. The number of carbonyl (C=O) groups excluding carboxylic acids is 2. The van der Waals surface area contributed by atoms with Gasteiger partial charge >= 0.3 is 0 Å². The van der Waals surface area contributed by atoms with E-state index in [4.69, 9.17) is 0 Å². The van der Waals surface area contributed by atoms with E-state index in [1.54, 1.807) is 0 Å². The summed E-state index contributed by atoms with van der Waals surface area (Å²) in [7, 11) is 0. The molecule has 19 heavy (non-hydrogen) atoms. The maximum absolute atomic E-state index is 11.5. The number of hydrogen-bond donors (Lipinski definition) is 2. The molecule has 0 aromatic rings. The number of carbonyl (C=O) groups is 2. The van der Waals surface area contributed by atoms with Crippen molar-refractivity contribution in [2.24, 2.45) is 11.0 Å². The molecule has 0 unspecified atom stereocenters. The molecule has 0 spiro atoms. The van der Waals surface area contributed by atoms with Crippen molar-refractivity contribution < 1.29 is 9.59 Å². The summed E-state index contributed by atoms with van der Waals surface area (Å²) in [5.74, 6) is -0.191. The van der Waals surface area contributed by atoms with Crippen LogP contribution in [0.5, 0.6) is 0 Å². The van der Waals surface area contributed by atoms with Gasteiger partial charge in [-0.25, -0.2) is 5.43 Å². The van der Waals surface area contributed by atoms with Crippen LogP contribution in [0.1, 0.15) is 58.8 Å². The van der Waals surface area contributed by atoms with E-state index in [0.717, 1.165) is 31.4 Å². The molecule has 0 saturated heterocycles. The maximum atomic E-state index is 11.5. The lowest BCUT2D eigenvalue weighted by Crippen LogP contribution is -2.32. The standard InChI is InChI=1S/C14H25N3O2/c1-11(2)10-15-13(18)9-14(19)17-16-12-7-5-3-4-6-8-12/h11H,3-10H2,1-2H3,(H,15,18)(H,17,19). The Morgan fingerprint density at radius 1 is 1.11 bits per heavy atom. The molecule has 108 valence electrons. The van der Waals surface area contributed by atoms with Gasteiger partial charge in [-0.3, -0.25) is 9.59 Å². The van der Waals surface area contributed by atoms with Crippen LogP contribution in [0.3, 0.4) is 0 Å². The van der Waals surface area contributed by atoms with Crippen LogP contribution in [0.4, 0.5) is 0 Å². The number of nitrogens with one attached hydrogen (secondary N) is 2. The first-order chi connectivity index (χ1) is 9.08.